The zero-order chi connectivity index (χ0) is 51.1. The van der Waals surface area contributed by atoms with E-state index in [1.807, 2.05) is 11.3 Å². The summed E-state index contributed by atoms with van der Waals surface area (Å²) in [4.78, 5) is 2.63. The van der Waals surface area contributed by atoms with Crippen molar-refractivity contribution in [1.29, 1.82) is 0 Å². The summed E-state index contributed by atoms with van der Waals surface area (Å²) >= 11 is 1.99. The standard InChI is InChI=1S/C70H49BN4OS/c1-69(2,3)38-25-28-40(29-26-38)73-57-34-41(72-53-22-10-8-16-43(53)50-36-51-44-17-9-12-24-59(44)76-60(51)37-56(50)72)35-58-63(57)71(68-67(73)48-30-27-39(70(4,5)6)33-61(48)77-68)52-21-14-20-49-62-55(74(58)65(49)52)32-31-47-46-19-13-18-45-42-15-7-11-23-54(42)75(64(45)46)66(47)62/h7-37H,1-6H3. The molecule has 0 radical (unpaired) electrons. The number of para-hydroxylation sites is 5. The molecular formula is C70H49BN4OS. The molecule has 6 aromatic heterocycles. The molecule has 2 aliphatic heterocycles. The van der Waals surface area contributed by atoms with Gasteiger partial charge in [-0.2, -0.15) is 0 Å². The molecule has 18 rings (SSSR count). The fourth-order valence-electron chi connectivity index (χ4n) is 14.4. The van der Waals surface area contributed by atoms with Gasteiger partial charge in [-0.15, -0.1) is 11.3 Å². The van der Waals surface area contributed by atoms with Crippen LogP contribution in [0.15, 0.2) is 192 Å². The van der Waals surface area contributed by atoms with E-state index >= 15 is 0 Å². The lowest BCUT2D eigenvalue weighted by molar-refractivity contribution is 0.590. The monoisotopic (exact) mass is 1000 g/mol. The van der Waals surface area contributed by atoms with Crippen LogP contribution in [0, 0.1) is 0 Å². The van der Waals surface area contributed by atoms with Gasteiger partial charge in [0.15, 0.2) is 0 Å². The van der Waals surface area contributed by atoms with Gasteiger partial charge in [-0.1, -0.05) is 163 Å². The highest BCUT2D eigenvalue weighted by atomic mass is 32.1. The summed E-state index contributed by atoms with van der Waals surface area (Å²) in [7, 11) is 0. The van der Waals surface area contributed by atoms with Crippen LogP contribution < -0.4 is 20.6 Å². The van der Waals surface area contributed by atoms with Crippen molar-refractivity contribution in [2.75, 3.05) is 4.90 Å². The topological polar surface area (TPSA) is 30.7 Å². The lowest BCUT2D eigenvalue weighted by atomic mass is 9.36. The third kappa shape index (κ3) is 5.30. The van der Waals surface area contributed by atoms with E-state index in [9.17, 15) is 0 Å². The quantitative estimate of drug-likeness (QED) is 0.162. The van der Waals surface area contributed by atoms with Crippen LogP contribution in [-0.4, -0.2) is 20.2 Å². The predicted octanol–water partition coefficient (Wildman–Crippen LogP) is 17.4. The van der Waals surface area contributed by atoms with Crippen LogP contribution >= 0.6 is 11.3 Å². The highest BCUT2D eigenvalue weighted by molar-refractivity contribution is 7.33. The molecular weight excluding hydrogens is 956 g/mol. The molecule has 0 amide bonds. The second-order valence-corrected chi connectivity index (χ2v) is 25.1. The maximum atomic E-state index is 6.71. The average Bonchev–Trinajstić information content (AvgIpc) is 4.19. The maximum absolute atomic E-state index is 6.71. The van der Waals surface area contributed by atoms with Crippen molar-refractivity contribution in [3.63, 3.8) is 0 Å². The van der Waals surface area contributed by atoms with Gasteiger partial charge < -0.3 is 22.9 Å². The van der Waals surface area contributed by atoms with Crippen molar-refractivity contribution in [3.05, 3.63) is 199 Å². The number of fused-ring (bicyclic) bond motifs is 22. The van der Waals surface area contributed by atoms with Gasteiger partial charge in [-0.05, 0) is 93.5 Å². The van der Waals surface area contributed by atoms with E-state index in [-0.39, 0.29) is 17.5 Å². The van der Waals surface area contributed by atoms with Crippen molar-refractivity contribution in [2.45, 2.75) is 52.4 Å². The number of thiophene rings is 1. The van der Waals surface area contributed by atoms with Gasteiger partial charge in [-0.25, -0.2) is 0 Å². The third-order valence-electron chi connectivity index (χ3n) is 17.8. The van der Waals surface area contributed by atoms with Gasteiger partial charge >= 0.3 is 0 Å². The molecule has 0 saturated heterocycles. The number of hydrogen-bond acceptors (Lipinski definition) is 3. The molecule has 2 aliphatic rings. The van der Waals surface area contributed by atoms with Gasteiger partial charge in [-0.3, -0.25) is 0 Å². The molecule has 0 bridgehead atoms. The number of furan rings is 1. The molecule has 8 heterocycles. The number of anilines is 3. The number of hydrogen-bond donors (Lipinski definition) is 0. The summed E-state index contributed by atoms with van der Waals surface area (Å²) in [5.74, 6) is 0. The lowest BCUT2D eigenvalue weighted by Crippen LogP contribution is -2.59. The zero-order valence-corrected chi connectivity index (χ0v) is 44.4. The summed E-state index contributed by atoms with van der Waals surface area (Å²) in [6.45, 7) is 13.9. The van der Waals surface area contributed by atoms with Crippen LogP contribution in [0.1, 0.15) is 52.7 Å². The normalized spacial score (nSPS) is 13.8. The summed E-state index contributed by atoms with van der Waals surface area (Å²) in [6.07, 6.45) is 0. The van der Waals surface area contributed by atoms with Gasteiger partial charge in [0.2, 0.25) is 0 Å². The minimum absolute atomic E-state index is 0.000811. The molecule has 16 aromatic rings. The van der Waals surface area contributed by atoms with Crippen LogP contribution in [0.2, 0.25) is 0 Å². The van der Waals surface area contributed by atoms with Crippen molar-refractivity contribution < 1.29 is 4.42 Å². The summed E-state index contributed by atoms with van der Waals surface area (Å²) < 4.78 is 17.2. The highest BCUT2D eigenvalue weighted by Gasteiger charge is 2.45. The zero-order valence-electron chi connectivity index (χ0n) is 43.6. The second kappa shape index (κ2) is 14.2. The number of nitrogens with zero attached hydrogens (tertiary/aromatic N) is 4. The number of aromatic nitrogens is 3. The Balaban J connectivity index is 1.03. The molecule has 77 heavy (non-hydrogen) atoms. The van der Waals surface area contributed by atoms with Crippen molar-refractivity contribution in [2.24, 2.45) is 0 Å². The first-order valence-electron chi connectivity index (χ1n) is 27.1. The Morgan fingerprint density at radius 1 is 0.416 bits per heavy atom. The summed E-state index contributed by atoms with van der Waals surface area (Å²) in [5, 5.41) is 13.7. The van der Waals surface area contributed by atoms with Crippen molar-refractivity contribution in [1.82, 2.24) is 13.5 Å². The minimum Gasteiger partial charge on any atom is -0.456 e. The van der Waals surface area contributed by atoms with E-state index in [2.05, 4.69) is 248 Å². The average molecular weight is 1010 g/mol. The molecule has 364 valence electrons. The van der Waals surface area contributed by atoms with Crippen LogP contribution in [0.3, 0.4) is 0 Å². The molecule has 0 spiro atoms. The molecule has 10 aromatic carbocycles. The Morgan fingerprint density at radius 2 is 1.06 bits per heavy atom. The van der Waals surface area contributed by atoms with E-state index in [4.69, 9.17) is 4.42 Å². The Labute approximate surface area is 447 Å². The smallest absolute Gasteiger partial charge is 0.264 e. The van der Waals surface area contributed by atoms with E-state index < -0.39 is 0 Å². The minimum atomic E-state index is -0.0252. The number of benzene rings is 10. The molecule has 0 N–H and O–H groups in total. The fourth-order valence-corrected chi connectivity index (χ4v) is 15.7. The van der Waals surface area contributed by atoms with E-state index in [1.165, 1.54) is 125 Å². The molecule has 5 nitrogen and oxygen atoms in total. The molecule has 0 atom stereocenters. The Hall–Kier alpha value is -8.78. The van der Waals surface area contributed by atoms with Crippen molar-refractivity contribution >= 4 is 165 Å². The van der Waals surface area contributed by atoms with E-state index in [0.29, 0.717) is 0 Å². The Bertz CT molecular complexity index is 5320. The van der Waals surface area contributed by atoms with E-state index in [1.54, 1.807) is 0 Å². The fraction of sp³-hybridized carbons (Fsp3) is 0.114. The van der Waals surface area contributed by atoms with Gasteiger partial charge in [0.25, 0.3) is 6.71 Å². The maximum Gasteiger partial charge on any atom is 0.264 e. The molecule has 0 unspecified atom stereocenters. The first kappa shape index (κ1) is 42.4. The largest absolute Gasteiger partial charge is 0.456 e. The van der Waals surface area contributed by atoms with Crippen molar-refractivity contribution in [3.8, 4) is 11.4 Å². The van der Waals surface area contributed by atoms with E-state index in [0.717, 1.165) is 44.3 Å². The third-order valence-corrected chi connectivity index (χ3v) is 19.0. The first-order valence-corrected chi connectivity index (χ1v) is 27.9. The van der Waals surface area contributed by atoms with Crippen LogP contribution in [-0.2, 0) is 10.8 Å². The Morgan fingerprint density at radius 3 is 1.87 bits per heavy atom. The van der Waals surface area contributed by atoms with Gasteiger partial charge in [0.1, 0.15) is 11.2 Å². The second-order valence-electron chi connectivity index (χ2n) is 24.0. The lowest BCUT2D eigenvalue weighted by Gasteiger charge is -2.39. The molecule has 0 fully saturated rings. The van der Waals surface area contributed by atoms with Gasteiger partial charge in [0.05, 0.1) is 44.5 Å². The summed E-state index contributed by atoms with van der Waals surface area (Å²) in [5.41, 5.74) is 21.7. The Kier molecular flexibility index (Phi) is 7.81. The highest BCUT2D eigenvalue weighted by Crippen LogP contribution is 2.51. The van der Waals surface area contributed by atoms with Gasteiger partial charge in [0, 0.05) is 97.4 Å². The first-order chi connectivity index (χ1) is 37.5. The predicted molar refractivity (Wildman–Crippen MR) is 329 cm³/mol. The van der Waals surface area contributed by atoms with Crippen LogP contribution in [0.5, 0.6) is 0 Å². The molecule has 0 saturated carbocycles. The van der Waals surface area contributed by atoms with Crippen LogP contribution in [0.4, 0.5) is 17.1 Å². The SMILES string of the molecule is CC(C)(C)c1ccc(N2c3cc(-n4c5ccccc5c5cc6c(cc54)oc4ccccc46)cc4c3B(c3sc5cc(C(C)(C)C)ccc5c32)c2cccc3c5c(ccc6c7cccc8c9ccccc9n(c87)c65)n-4c23)cc1. The molecule has 0 aliphatic carbocycles. The molecule has 7 heteroatoms. The van der Waals surface area contributed by atoms with Crippen LogP contribution in [0.25, 0.3) is 125 Å². The number of rotatable bonds is 2. The summed E-state index contributed by atoms with van der Waals surface area (Å²) in [6, 6.07) is 71.7.